The van der Waals surface area contributed by atoms with E-state index in [4.69, 9.17) is 15.9 Å². The SMILES string of the molecule is C[C@H](NC(=O)Cn1nnc2cc(SCC(NC(=O)CC[C@H](N)C(=O)O)C(=O)NCC(=O)O)ccc2c1=O)c1ccc(OC(F)(F)F)cc1. The highest BCUT2D eigenvalue weighted by Gasteiger charge is 2.31. The van der Waals surface area contributed by atoms with E-state index in [9.17, 15) is 41.9 Å². The number of fused-ring (bicyclic) bond motifs is 1. The van der Waals surface area contributed by atoms with Gasteiger partial charge in [-0.15, -0.1) is 30.0 Å². The Morgan fingerprint density at radius 1 is 1.04 bits per heavy atom. The van der Waals surface area contributed by atoms with Crippen molar-refractivity contribution in [3.8, 4) is 5.75 Å². The number of carboxylic acids is 2. The van der Waals surface area contributed by atoms with Crippen LogP contribution in [0.2, 0.25) is 0 Å². The van der Waals surface area contributed by atoms with Crippen LogP contribution in [0.1, 0.15) is 31.4 Å². The second-order valence-electron chi connectivity index (χ2n) is 10.2. The second kappa shape index (κ2) is 16.5. The maximum absolute atomic E-state index is 13.0. The lowest BCUT2D eigenvalue weighted by Gasteiger charge is -2.18. The average Bonchev–Trinajstić information content (AvgIpc) is 3.01. The molecular weight excluding hydrogens is 667 g/mol. The van der Waals surface area contributed by atoms with E-state index in [-0.39, 0.29) is 29.5 Å². The van der Waals surface area contributed by atoms with Crippen LogP contribution in [0.25, 0.3) is 10.9 Å². The average molecular weight is 698 g/mol. The quantitative estimate of drug-likeness (QED) is 0.112. The molecule has 2 aromatic carbocycles. The van der Waals surface area contributed by atoms with Crippen LogP contribution in [0.4, 0.5) is 13.2 Å². The van der Waals surface area contributed by atoms with Crippen molar-refractivity contribution >= 4 is 52.3 Å². The number of aromatic nitrogens is 3. The Morgan fingerprint density at radius 3 is 2.35 bits per heavy atom. The minimum absolute atomic E-state index is 0.0887. The molecule has 7 N–H and O–H groups in total. The first-order chi connectivity index (χ1) is 22.5. The van der Waals surface area contributed by atoms with Crippen molar-refractivity contribution in [3.63, 3.8) is 0 Å². The highest BCUT2D eigenvalue weighted by atomic mass is 32.2. The predicted octanol–water partition coefficient (Wildman–Crippen LogP) is 0.537. The molecule has 3 aromatic rings. The van der Waals surface area contributed by atoms with Crippen molar-refractivity contribution in [2.24, 2.45) is 5.73 Å². The van der Waals surface area contributed by atoms with Gasteiger partial charge in [-0.1, -0.05) is 17.3 Å². The number of carbonyl (C=O) groups excluding carboxylic acids is 3. The number of carboxylic acid groups (broad SMARTS) is 2. The normalized spacial score (nSPS) is 13.2. The fraction of sp³-hybridized carbons (Fsp3) is 0.357. The molecule has 0 spiro atoms. The molecule has 3 amide bonds. The number of rotatable bonds is 16. The zero-order valence-corrected chi connectivity index (χ0v) is 25.8. The molecule has 0 fully saturated rings. The molecule has 0 bridgehead atoms. The molecule has 0 aliphatic carbocycles. The molecule has 1 unspecified atom stereocenters. The molecule has 1 heterocycles. The number of benzene rings is 2. The number of nitrogens with two attached hydrogens (primary N) is 1. The summed E-state index contributed by atoms with van der Waals surface area (Å²) in [6, 6.07) is 6.17. The summed E-state index contributed by atoms with van der Waals surface area (Å²) in [6.45, 7) is 0.372. The van der Waals surface area contributed by atoms with Crippen LogP contribution in [0.5, 0.6) is 5.75 Å². The number of hydrogen-bond donors (Lipinski definition) is 6. The first kappa shape index (κ1) is 37.2. The van der Waals surface area contributed by atoms with Gasteiger partial charge in [0.1, 0.15) is 36.4 Å². The number of carbonyl (C=O) groups is 5. The van der Waals surface area contributed by atoms with Crippen molar-refractivity contribution in [3.05, 3.63) is 58.4 Å². The van der Waals surface area contributed by atoms with Crippen molar-refractivity contribution in [2.75, 3.05) is 12.3 Å². The van der Waals surface area contributed by atoms with Gasteiger partial charge in [-0.3, -0.25) is 28.8 Å². The lowest BCUT2D eigenvalue weighted by Crippen LogP contribution is -2.49. The Morgan fingerprint density at radius 2 is 1.73 bits per heavy atom. The van der Waals surface area contributed by atoms with Crippen LogP contribution < -0.4 is 32.0 Å². The Labute approximate surface area is 273 Å². The molecule has 0 radical (unpaired) electrons. The molecule has 3 atom stereocenters. The van der Waals surface area contributed by atoms with Crippen LogP contribution in [-0.4, -0.2) is 85.6 Å². The van der Waals surface area contributed by atoms with Crippen molar-refractivity contribution in [1.82, 2.24) is 30.9 Å². The zero-order chi connectivity index (χ0) is 35.6. The third-order valence-electron chi connectivity index (χ3n) is 6.46. The first-order valence-corrected chi connectivity index (χ1v) is 14.9. The van der Waals surface area contributed by atoms with Crippen LogP contribution in [-0.2, 0) is 30.5 Å². The summed E-state index contributed by atoms with van der Waals surface area (Å²) in [5.74, 6) is -5.23. The van der Waals surface area contributed by atoms with E-state index in [1.54, 1.807) is 6.92 Å². The number of hydrogen-bond acceptors (Lipinski definition) is 11. The van der Waals surface area contributed by atoms with Gasteiger partial charge < -0.3 is 36.6 Å². The Balaban J connectivity index is 1.65. The second-order valence-corrected chi connectivity index (χ2v) is 11.3. The summed E-state index contributed by atoms with van der Waals surface area (Å²) < 4.78 is 41.8. The summed E-state index contributed by atoms with van der Waals surface area (Å²) in [7, 11) is 0. The van der Waals surface area contributed by atoms with E-state index >= 15 is 0 Å². The molecule has 0 aliphatic rings. The number of halogens is 3. The minimum atomic E-state index is -4.84. The molecule has 20 heteroatoms. The molecule has 0 saturated carbocycles. The van der Waals surface area contributed by atoms with Gasteiger partial charge in [0.15, 0.2) is 0 Å². The summed E-state index contributed by atoms with van der Waals surface area (Å²) in [6.07, 6.45) is -5.34. The zero-order valence-electron chi connectivity index (χ0n) is 25.0. The lowest BCUT2D eigenvalue weighted by molar-refractivity contribution is -0.274. The minimum Gasteiger partial charge on any atom is -0.480 e. The van der Waals surface area contributed by atoms with Gasteiger partial charge >= 0.3 is 18.3 Å². The van der Waals surface area contributed by atoms with E-state index in [2.05, 4.69) is 31.0 Å². The summed E-state index contributed by atoms with van der Waals surface area (Å²) in [5.41, 5.74) is 5.38. The number of ether oxygens (including phenoxy) is 1. The topological polar surface area (TPSA) is 245 Å². The maximum Gasteiger partial charge on any atom is 0.573 e. The van der Waals surface area contributed by atoms with Crippen molar-refractivity contribution < 1.29 is 52.1 Å². The number of amides is 3. The van der Waals surface area contributed by atoms with Gasteiger partial charge in [-0.2, -0.15) is 0 Å². The van der Waals surface area contributed by atoms with Crippen LogP contribution >= 0.6 is 11.8 Å². The molecule has 16 nitrogen and oxygen atoms in total. The van der Waals surface area contributed by atoms with Gasteiger partial charge in [-0.25, -0.2) is 4.68 Å². The first-order valence-electron chi connectivity index (χ1n) is 13.9. The Bertz CT molecular complexity index is 1720. The number of nitrogens with zero attached hydrogens (tertiary/aromatic N) is 3. The van der Waals surface area contributed by atoms with Gasteiger partial charge in [0.05, 0.1) is 11.4 Å². The van der Waals surface area contributed by atoms with Gasteiger partial charge in [-0.05, 0) is 49.2 Å². The largest absolute Gasteiger partial charge is 0.573 e. The third-order valence-corrected chi connectivity index (χ3v) is 7.55. The highest BCUT2D eigenvalue weighted by Crippen LogP contribution is 2.25. The van der Waals surface area contributed by atoms with E-state index in [1.807, 2.05) is 0 Å². The van der Waals surface area contributed by atoms with Crippen LogP contribution in [0, 0.1) is 0 Å². The fourth-order valence-electron chi connectivity index (χ4n) is 4.04. The summed E-state index contributed by atoms with van der Waals surface area (Å²) in [4.78, 5) is 72.8. The van der Waals surface area contributed by atoms with Crippen molar-refractivity contribution in [1.29, 1.82) is 0 Å². The number of nitrogens with one attached hydrogen (secondary N) is 3. The standard InChI is InChI=1S/C28H30F3N7O9S/c1-14(15-2-4-16(5-3-15)47-28(29,30)31)34-23(40)12-38-26(44)18-7-6-17(10-20(18)36-37-38)48-13-21(25(43)33-11-24(41)42)35-22(39)9-8-19(32)27(45)46/h2-7,10,14,19,21H,8-9,11-13,32H2,1H3,(H,33,43)(H,34,40)(H,35,39)(H,41,42)(H,45,46)/t14-,19-,21?/m0/s1. The van der Waals surface area contributed by atoms with Crippen LogP contribution in [0.15, 0.2) is 52.2 Å². The van der Waals surface area contributed by atoms with E-state index in [1.165, 1.54) is 30.3 Å². The van der Waals surface area contributed by atoms with Crippen LogP contribution in [0.3, 0.4) is 0 Å². The molecule has 48 heavy (non-hydrogen) atoms. The van der Waals surface area contributed by atoms with Crippen molar-refractivity contribution in [2.45, 2.75) is 55.7 Å². The molecule has 1 aromatic heterocycles. The van der Waals surface area contributed by atoms with Gasteiger partial charge in [0.2, 0.25) is 17.7 Å². The Hall–Kier alpha value is -5.24. The molecule has 0 aliphatic heterocycles. The maximum atomic E-state index is 13.0. The number of thioether (sulfide) groups is 1. The monoisotopic (exact) mass is 697 g/mol. The van der Waals surface area contributed by atoms with E-state index in [0.29, 0.717) is 10.5 Å². The Kier molecular flexibility index (Phi) is 12.8. The summed E-state index contributed by atoms with van der Waals surface area (Å²) in [5, 5.41) is 32.9. The van der Waals surface area contributed by atoms with Gasteiger partial charge in [0, 0.05) is 17.1 Å². The number of aliphatic carboxylic acids is 2. The molecule has 0 saturated heterocycles. The highest BCUT2D eigenvalue weighted by molar-refractivity contribution is 7.99. The lowest BCUT2D eigenvalue weighted by atomic mass is 10.1. The van der Waals surface area contributed by atoms with E-state index < -0.39 is 78.5 Å². The van der Waals surface area contributed by atoms with Gasteiger partial charge in [0.25, 0.3) is 5.56 Å². The molecule has 258 valence electrons. The molecule has 3 rings (SSSR count). The third kappa shape index (κ3) is 11.5. The fourth-order valence-corrected chi connectivity index (χ4v) is 4.99. The summed E-state index contributed by atoms with van der Waals surface area (Å²) >= 11 is 1.06. The predicted molar refractivity (Wildman–Crippen MR) is 162 cm³/mol. The molecular formula is C28H30F3N7O9S. The van der Waals surface area contributed by atoms with E-state index in [0.717, 1.165) is 28.6 Å². The number of alkyl halides is 3. The smallest absolute Gasteiger partial charge is 0.480 e.